The third-order valence-electron chi connectivity index (χ3n) is 2.47. The van der Waals surface area contributed by atoms with E-state index in [0.29, 0.717) is 22.5 Å². The molecule has 0 aliphatic rings. The van der Waals surface area contributed by atoms with Crippen LogP contribution in [-0.4, -0.2) is 9.97 Å². The maximum absolute atomic E-state index is 6.15. The Labute approximate surface area is 125 Å². The molecule has 2 aromatic rings. The maximum atomic E-state index is 6.15. The van der Waals surface area contributed by atoms with Crippen molar-refractivity contribution in [2.24, 2.45) is 0 Å². The largest absolute Gasteiger partial charge is 0.384 e. The molecule has 0 amide bonds. The van der Waals surface area contributed by atoms with E-state index in [1.54, 1.807) is 6.07 Å². The van der Waals surface area contributed by atoms with Crippen molar-refractivity contribution in [3.63, 3.8) is 0 Å². The Balaban J connectivity index is 2.32. The molecule has 0 saturated carbocycles. The fourth-order valence-electron chi connectivity index (χ4n) is 1.54. The van der Waals surface area contributed by atoms with E-state index < -0.39 is 0 Å². The van der Waals surface area contributed by atoms with Crippen LogP contribution in [0.2, 0.25) is 5.02 Å². The van der Waals surface area contributed by atoms with Crippen molar-refractivity contribution in [3.8, 4) is 0 Å². The molecule has 0 bridgehead atoms. The van der Waals surface area contributed by atoms with Gasteiger partial charge in [-0.25, -0.2) is 9.97 Å². The highest BCUT2D eigenvalue weighted by Gasteiger charge is 2.08. The Hall–Kier alpha value is -1.33. The lowest BCUT2D eigenvalue weighted by atomic mass is 10.2. The van der Waals surface area contributed by atoms with E-state index in [0.717, 1.165) is 10.2 Å². The second-order valence-corrected chi connectivity index (χ2v) is 5.76. The number of nitrogens with zero attached hydrogens (tertiary/aromatic N) is 2. The number of anilines is 3. The standard InChI is InChI=1S/C13H14BrClN4/c1-7(2)13-18-11(16)6-12(19-13)17-10-4-3-8(14)5-9(10)15/h3-7H,1-2H3,(H3,16,17,18,19). The predicted octanol–water partition coefficient (Wildman–Crippen LogP) is 4.34. The van der Waals surface area contributed by atoms with E-state index in [-0.39, 0.29) is 5.92 Å². The summed E-state index contributed by atoms with van der Waals surface area (Å²) in [6.45, 7) is 4.04. The highest BCUT2D eigenvalue weighted by Crippen LogP contribution is 2.28. The van der Waals surface area contributed by atoms with Gasteiger partial charge in [0.15, 0.2) is 0 Å². The Morgan fingerprint density at radius 2 is 2.00 bits per heavy atom. The van der Waals surface area contributed by atoms with E-state index in [4.69, 9.17) is 17.3 Å². The van der Waals surface area contributed by atoms with Crippen molar-refractivity contribution in [3.05, 3.63) is 39.6 Å². The van der Waals surface area contributed by atoms with Gasteiger partial charge in [-0.05, 0) is 18.2 Å². The quantitative estimate of drug-likeness (QED) is 0.871. The highest BCUT2D eigenvalue weighted by atomic mass is 79.9. The number of nitrogen functional groups attached to an aromatic ring is 1. The Morgan fingerprint density at radius 1 is 1.26 bits per heavy atom. The molecular formula is C13H14BrClN4. The SMILES string of the molecule is CC(C)c1nc(N)cc(Nc2ccc(Br)cc2Cl)n1. The van der Waals surface area contributed by atoms with Gasteiger partial charge in [0, 0.05) is 16.5 Å². The Morgan fingerprint density at radius 3 is 2.63 bits per heavy atom. The summed E-state index contributed by atoms with van der Waals surface area (Å²) < 4.78 is 0.924. The molecule has 0 unspecified atom stereocenters. The van der Waals surface area contributed by atoms with Crippen LogP contribution in [0.15, 0.2) is 28.7 Å². The van der Waals surface area contributed by atoms with Crippen LogP contribution in [0.1, 0.15) is 25.6 Å². The molecule has 3 N–H and O–H groups in total. The molecule has 2 rings (SSSR count). The molecule has 0 saturated heterocycles. The number of hydrogen-bond donors (Lipinski definition) is 2. The zero-order valence-electron chi connectivity index (χ0n) is 10.6. The zero-order valence-corrected chi connectivity index (χ0v) is 13.0. The average molecular weight is 342 g/mol. The molecule has 4 nitrogen and oxygen atoms in total. The van der Waals surface area contributed by atoms with Crippen LogP contribution in [0.4, 0.5) is 17.3 Å². The predicted molar refractivity (Wildman–Crippen MR) is 83.0 cm³/mol. The summed E-state index contributed by atoms with van der Waals surface area (Å²) in [5, 5.41) is 3.76. The molecule has 0 aliphatic heterocycles. The minimum Gasteiger partial charge on any atom is -0.384 e. The lowest BCUT2D eigenvalue weighted by molar-refractivity contribution is 0.779. The number of nitrogens with two attached hydrogens (primary N) is 1. The van der Waals surface area contributed by atoms with Crippen LogP contribution in [-0.2, 0) is 0 Å². The second-order valence-electron chi connectivity index (χ2n) is 4.44. The Bertz CT molecular complexity index is 601. The molecule has 0 atom stereocenters. The van der Waals surface area contributed by atoms with Gasteiger partial charge in [-0.3, -0.25) is 0 Å². The van der Waals surface area contributed by atoms with Crippen molar-refractivity contribution in [1.29, 1.82) is 0 Å². The van der Waals surface area contributed by atoms with E-state index in [1.807, 2.05) is 32.0 Å². The normalized spacial score (nSPS) is 10.8. The van der Waals surface area contributed by atoms with Gasteiger partial charge in [-0.15, -0.1) is 0 Å². The molecule has 0 aliphatic carbocycles. The number of aromatic nitrogens is 2. The molecule has 100 valence electrons. The first-order chi connectivity index (χ1) is 8.95. The molecule has 1 aromatic carbocycles. The monoisotopic (exact) mass is 340 g/mol. The molecule has 19 heavy (non-hydrogen) atoms. The van der Waals surface area contributed by atoms with Crippen LogP contribution in [0.5, 0.6) is 0 Å². The minimum atomic E-state index is 0.212. The van der Waals surface area contributed by atoms with Crippen molar-refractivity contribution >= 4 is 44.9 Å². The van der Waals surface area contributed by atoms with Crippen LogP contribution >= 0.6 is 27.5 Å². The first kappa shape index (κ1) is 14.1. The first-order valence-corrected chi connectivity index (χ1v) is 6.99. The lowest BCUT2D eigenvalue weighted by Gasteiger charge is -2.11. The fraction of sp³-hybridized carbons (Fsp3) is 0.231. The molecule has 1 aromatic heterocycles. The number of rotatable bonds is 3. The smallest absolute Gasteiger partial charge is 0.136 e. The summed E-state index contributed by atoms with van der Waals surface area (Å²) in [6, 6.07) is 7.28. The van der Waals surface area contributed by atoms with Crippen LogP contribution in [0.3, 0.4) is 0 Å². The van der Waals surface area contributed by atoms with Gasteiger partial charge in [0.2, 0.25) is 0 Å². The van der Waals surface area contributed by atoms with Gasteiger partial charge in [-0.1, -0.05) is 41.4 Å². The summed E-state index contributed by atoms with van der Waals surface area (Å²) in [5.41, 5.74) is 6.56. The summed E-state index contributed by atoms with van der Waals surface area (Å²) >= 11 is 9.52. The zero-order chi connectivity index (χ0) is 14.0. The summed E-state index contributed by atoms with van der Waals surface area (Å²) in [6.07, 6.45) is 0. The van der Waals surface area contributed by atoms with Crippen LogP contribution < -0.4 is 11.1 Å². The van der Waals surface area contributed by atoms with E-state index in [9.17, 15) is 0 Å². The fourth-order valence-corrected chi connectivity index (χ4v) is 2.26. The van der Waals surface area contributed by atoms with Crippen molar-refractivity contribution in [2.45, 2.75) is 19.8 Å². The number of benzene rings is 1. The number of hydrogen-bond acceptors (Lipinski definition) is 4. The van der Waals surface area contributed by atoms with Gasteiger partial charge in [0.1, 0.15) is 17.5 Å². The van der Waals surface area contributed by atoms with Gasteiger partial charge in [0.05, 0.1) is 10.7 Å². The second kappa shape index (κ2) is 5.75. The van der Waals surface area contributed by atoms with Gasteiger partial charge < -0.3 is 11.1 Å². The molecule has 6 heteroatoms. The van der Waals surface area contributed by atoms with Crippen molar-refractivity contribution < 1.29 is 0 Å². The topological polar surface area (TPSA) is 63.8 Å². The summed E-state index contributed by atoms with van der Waals surface area (Å²) in [4.78, 5) is 8.62. The summed E-state index contributed by atoms with van der Waals surface area (Å²) in [5.74, 6) is 2.00. The summed E-state index contributed by atoms with van der Waals surface area (Å²) in [7, 11) is 0. The van der Waals surface area contributed by atoms with E-state index in [1.165, 1.54) is 0 Å². The first-order valence-electron chi connectivity index (χ1n) is 5.82. The Kier molecular flexibility index (Phi) is 4.27. The van der Waals surface area contributed by atoms with Gasteiger partial charge >= 0.3 is 0 Å². The number of nitrogens with one attached hydrogen (secondary N) is 1. The average Bonchev–Trinajstić information content (AvgIpc) is 2.32. The minimum absolute atomic E-state index is 0.212. The van der Waals surface area contributed by atoms with Crippen molar-refractivity contribution in [1.82, 2.24) is 9.97 Å². The van der Waals surface area contributed by atoms with Gasteiger partial charge in [-0.2, -0.15) is 0 Å². The molecular weight excluding hydrogens is 328 g/mol. The third-order valence-corrected chi connectivity index (χ3v) is 3.28. The third kappa shape index (κ3) is 3.58. The molecule has 0 fully saturated rings. The molecule has 0 spiro atoms. The van der Waals surface area contributed by atoms with Crippen LogP contribution in [0.25, 0.3) is 0 Å². The number of halogens is 2. The van der Waals surface area contributed by atoms with E-state index in [2.05, 4.69) is 31.2 Å². The highest BCUT2D eigenvalue weighted by molar-refractivity contribution is 9.10. The van der Waals surface area contributed by atoms with Crippen molar-refractivity contribution in [2.75, 3.05) is 11.1 Å². The van der Waals surface area contributed by atoms with Gasteiger partial charge in [0.25, 0.3) is 0 Å². The molecule has 1 heterocycles. The molecule has 0 radical (unpaired) electrons. The van der Waals surface area contributed by atoms with E-state index >= 15 is 0 Å². The maximum Gasteiger partial charge on any atom is 0.136 e. The lowest BCUT2D eigenvalue weighted by Crippen LogP contribution is -2.05. The van der Waals surface area contributed by atoms with Crippen LogP contribution in [0, 0.1) is 0 Å².